The maximum atomic E-state index is 12.2. The number of carbonyl (C=O) groups is 1. The van der Waals surface area contributed by atoms with Crippen molar-refractivity contribution < 1.29 is 4.79 Å². The van der Waals surface area contributed by atoms with Crippen molar-refractivity contribution in [2.24, 2.45) is 0 Å². The number of carbonyl (C=O) groups excluding carboxylic acids is 1. The van der Waals surface area contributed by atoms with Crippen LogP contribution in [0.3, 0.4) is 0 Å². The van der Waals surface area contributed by atoms with Gasteiger partial charge >= 0.3 is 0 Å². The smallest absolute Gasteiger partial charge is 0.236 e. The van der Waals surface area contributed by atoms with Gasteiger partial charge in [0.15, 0.2) is 11.0 Å². The Morgan fingerprint density at radius 3 is 2.81 bits per heavy atom. The van der Waals surface area contributed by atoms with Gasteiger partial charge in [-0.3, -0.25) is 14.7 Å². The molecule has 10 heteroatoms. The van der Waals surface area contributed by atoms with Crippen LogP contribution in [0.15, 0.2) is 23.2 Å². The van der Waals surface area contributed by atoms with E-state index in [4.69, 9.17) is 0 Å². The first-order valence-electron chi connectivity index (χ1n) is 8.37. The zero-order valence-electron chi connectivity index (χ0n) is 15.4. The maximum Gasteiger partial charge on any atom is 0.236 e. The van der Waals surface area contributed by atoms with Crippen molar-refractivity contribution in [3.8, 4) is 11.4 Å². The number of allylic oxidation sites excluding steroid dienone is 1. The molecule has 1 amide bonds. The summed E-state index contributed by atoms with van der Waals surface area (Å²) in [6.07, 6.45) is 2.75. The van der Waals surface area contributed by atoms with Gasteiger partial charge in [0.25, 0.3) is 0 Å². The number of amides is 1. The topological polar surface area (TPSA) is 85.6 Å². The van der Waals surface area contributed by atoms with Crippen LogP contribution in [0.5, 0.6) is 0 Å². The summed E-state index contributed by atoms with van der Waals surface area (Å²) >= 11 is 4.41. The Morgan fingerprint density at radius 2 is 2.15 bits per heavy atom. The van der Waals surface area contributed by atoms with Gasteiger partial charge in [0.05, 0.1) is 5.75 Å². The fourth-order valence-electron chi connectivity index (χ4n) is 2.63. The van der Waals surface area contributed by atoms with Gasteiger partial charge in [-0.1, -0.05) is 36.1 Å². The number of thioether (sulfide) groups is 1. The summed E-state index contributed by atoms with van der Waals surface area (Å²) in [5, 5.41) is 23.4. The highest BCUT2D eigenvalue weighted by atomic mass is 32.2. The van der Waals surface area contributed by atoms with E-state index in [-0.39, 0.29) is 11.7 Å². The van der Waals surface area contributed by atoms with Crippen molar-refractivity contribution in [2.45, 2.75) is 38.9 Å². The fraction of sp³-hybridized carbons (Fsp3) is 0.353. The van der Waals surface area contributed by atoms with E-state index < -0.39 is 0 Å². The molecule has 0 spiro atoms. The predicted octanol–water partition coefficient (Wildman–Crippen LogP) is 3.95. The van der Waals surface area contributed by atoms with Crippen molar-refractivity contribution in [3.63, 3.8) is 0 Å². The SMILES string of the molecule is C=CCn1c(SCC(=O)Nc2nnc(C)s2)nnc1-c1csc(C)c1CC. The van der Waals surface area contributed by atoms with Gasteiger partial charge in [-0.2, -0.15) is 0 Å². The standard InChI is InChI=1S/C17H20N6OS3/c1-5-7-23-15(13-8-25-10(3)12(13)6-2)20-22-17(23)26-9-14(24)18-16-21-19-11(4)27-16/h5,8H,1,6-7,9H2,2-4H3,(H,18,21,24). The maximum absolute atomic E-state index is 12.2. The van der Waals surface area contributed by atoms with E-state index in [0.717, 1.165) is 22.8 Å². The number of anilines is 1. The molecule has 1 N–H and O–H groups in total. The Bertz CT molecular complexity index is 958. The molecule has 0 aliphatic heterocycles. The zero-order chi connectivity index (χ0) is 19.4. The number of thiophene rings is 1. The third-order valence-electron chi connectivity index (χ3n) is 3.83. The minimum atomic E-state index is -0.147. The Kier molecular flexibility index (Phi) is 6.40. The number of hydrogen-bond acceptors (Lipinski definition) is 8. The highest BCUT2D eigenvalue weighted by Gasteiger charge is 2.19. The first kappa shape index (κ1) is 19.7. The molecule has 3 heterocycles. The lowest BCUT2D eigenvalue weighted by Crippen LogP contribution is -2.14. The van der Waals surface area contributed by atoms with E-state index in [1.54, 1.807) is 11.3 Å². The van der Waals surface area contributed by atoms with Crippen LogP contribution in [0.1, 0.15) is 22.4 Å². The van der Waals surface area contributed by atoms with Gasteiger partial charge in [0.1, 0.15) is 5.01 Å². The lowest BCUT2D eigenvalue weighted by Gasteiger charge is -2.08. The Labute approximate surface area is 169 Å². The van der Waals surface area contributed by atoms with E-state index in [0.29, 0.717) is 16.8 Å². The largest absolute Gasteiger partial charge is 0.300 e. The van der Waals surface area contributed by atoms with E-state index in [2.05, 4.69) is 51.5 Å². The molecule has 0 fully saturated rings. The van der Waals surface area contributed by atoms with Crippen molar-refractivity contribution in [3.05, 3.63) is 33.5 Å². The summed E-state index contributed by atoms with van der Waals surface area (Å²) in [6, 6.07) is 0. The Morgan fingerprint density at radius 1 is 1.33 bits per heavy atom. The summed E-state index contributed by atoms with van der Waals surface area (Å²) in [6.45, 7) is 10.5. The second-order valence-corrected chi connectivity index (χ2v) is 8.91. The molecule has 0 aromatic carbocycles. The molecule has 27 heavy (non-hydrogen) atoms. The van der Waals surface area contributed by atoms with E-state index >= 15 is 0 Å². The molecule has 0 atom stereocenters. The Balaban J connectivity index is 1.76. The average molecular weight is 421 g/mol. The van der Waals surface area contributed by atoms with Crippen LogP contribution < -0.4 is 5.32 Å². The lowest BCUT2D eigenvalue weighted by atomic mass is 10.1. The molecular weight excluding hydrogens is 400 g/mol. The highest BCUT2D eigenvalue weighted by molar-refractivity contribution is 7.99. The number of nitrogens with one attached hydrogen (secondary N) is 1. The van der Waals surface area contributed by atoms with Crippen LogP contribution in [0.25, 0.3) is 11.4 Å². The van der Waals surface area contributed by atoms with Gasteiger partial charge in [-0.05, 0) is 25.8 Å². The van der Waals surface area contributed by atoms with E-state index in [1.807, 2.05) is 17.6 Å². The van der Waals surface area contributed by atoms with Crippen LogP contribution in [-0.2, 0) is 17.8 Å². The van der Waals surface area contributed by atoms with Crippen LogP contribution in [0, 0.1) is 13.8 Å². The quantitative estimate of drug-likeness (QED) is 0.439. The second-order valence-electron chi connectivity index (χ2n) is 5.71. The monoisotopic (exact) mass is 420 g/mol. The van der Waals surface area contributed by atoms with Gasteiger partial charge in [-0.15, -0.1) is 38.3 Å². The van der Waals surface area contributed by atoms with Crippen molar-refractivity contribution in [2.75, 3.05) is 11.1 Å². The van der Waals surface area contributed by atoms with Crippen LogP contribution in [-0.4, -0.2) is 36.6 Å². The zero-order valence-corrected chi connectivity index (χ0v) is 17.8. The van der Waals surface area contributed by atoms with Crippen molar-refractivity contribution >= 4 is 45.5 Å². The minimum Gasteiger partial charge on any atom is -0.300 e. The summed E-state index contributed by atoms with van der Waals surface area (Å²) in [4.78, 5) is 13.5. The summed E-state index contributed by atoms with van der Waals surface area (Å²) in [5.74, 6) is 0.891. The van der Waals surface area contributed by atoms with Gasteiger partial charge < -0.3 is 0 Å². The third-order valence-corrected chi connectivity index (χ3v) is 6.51. The molecule has 0 bridgehead atoms. The number of aryl methyl sites for hydroxylation is 2. The normalized spacial score (nSPS) is 10.9. The summed E-state index contributed by atoms with van der Waals surface area (Å²) in [7, 11) is 0. The first-order chi connectivity index (χ1) is 13.0. The molecule has 0 saturated carbocycles. The number of rotatable bonds is 8. The number of aromatic nitrogens is 5. The molecule has 0 saturated heterocycles. The predicted molar refractivity (Wildman–Crippen MR) is 112 cm³/mol. The van der Waals surface area contributed by atoms with Crippen LogP contribution >= 0.6 is 34.4 Å². The molecule has 7 nitrogen and oxygen atoms in total. The van der Waals surface area contributed by atoms with Gasteiger partial charge in [0, 0.05) is 22.4 Å². The molecule has 0 unspecified atom stereocenters. The second kappa shape index (κ2) is 8.77. The fourth-order valence-corrected chi connectivity index (χ4v) is 4.92. The molecule has 3 aromatic rings. The van der Waals surface area contributed by atoms with Crippen molar-refractivity contribution in [1.82, 2.24) is 25.0 Å². The number of nitrogens with zero attached hydrogens (tertiary/aromatic N) is 5. The molecule has 0 radical (unpaired) electrons. The summed E-state index contributed by atoms with van der Waals surface area (Å²) < 4.78 is 2.00. The Hall–Kier alpha value is -2.04. The molecule has 0 aliphatic rings. The number of hydrogen-bond donors (Lipinski definition) is 1. The lowest BCUT2D eigenvalue weighted by molar-refractivity contribution is -0.113. The van der Waals surface area contributed by atoms with Gasteiger partial charge in [-0.25, -0.2) is 0 Å². The summed E-state index contributed by atoms with van der Waals surface area (Å²) in [5.41, 5.74) is 2.40. The van der Waals surface area contributed by atoms with Gasteiger partial charge in [0.2, 0.25) is 11.0 Å². The van der Waals surface area contributed by atoms with E-state index in [1.165, 1.54) is 33.5 Å². The molecule has 0 aliphatic carbocycles. The average Bonchev–Trinajstić information content (AvgIpc) is 3.32. The van der Waals surface area contributed by atoms with Crippen LogP contribution in [0.4, 0.5) is 5.13 Å². The van der Waals surface area contributed by atoms with Crippen LogP contribution in [0.2, 0.25) is 0 Å². The highest BCUT2D eigenvalue weighted by Crippen LogP contribution is 2.32. The van der Waals surface area contributed by atoms with Crippen molar-refractivity contribution in [1.29, 1.82) is 0 Å². The molecule has 142 valence electrons. The third kappa shape index (κ3) is 4.45. The van der Waals surface area contributed by atoms with E-state index in [9.17, 15) is 4.79 Å². The minimum absolute atomic E-state index is 0.147. The molecule has 3 aromatic heterocycles. The molecule has 3 rings (SSSR count). The first-order valence-corrected chi connectivity index (χ1v) is 11.1. The molecular formula is C17H20N6OS3.